The molecule has 6 heteroatoms. The quantitative estimate of drug-likeness (QED) is 0.889. The molecule has 2 rings (SSSR count). The summed E-state index contributed by atoms with van der Waals surface area (Å²) in [6.45, 7) is 0. The van der Waals surface area contributed by atoms with Crippen LogP contribution < -0.4 is 5.32 Å². The lowest BCUT2D eigenvalue weighted by Crippen LogP contribution is -2.20. The van der Waals surface area contributed by atoms with Crippen molar-refractivity contribution < 1.29 is 9.90 Å². The molecular formula is C15H10Cl2N2O2. The predicted octanol–water partition coefficient (Wildman–Crippen LogP) is 4.10. The van der Waals surface area contributed by atoms with Crippen LogP contribution in [0.4, 0.5) is 5.69 Å². The topological polar surface area (TPSA) is 73.1 Å². The molecule has 0 radical (unpaired) electrons. The summed E-state index contributed by atoms with van der Waals surface area (Å²) < 4.78 is 0. The molecule has 0 spiro atoms. The molecule has 0 bridgehead atoms. The van der Waals surface area contributed by atoms with Crippen molar-refractivity contribution in [1.29, 1.82) is 5.26 Å². The van der Waals surface area contributed by atoms with Crippen LogP contribution in [0.1, 0.15) is 17.2 Å². The third-order valence-electron chi connectivity index (χ3n) is 2.85. The lowest BCUT2D eigenvalue weighted by Gasteiger charge is -2.16. The number of carboxylic acid groups (broad SMARTS) is 1. The van der Waals surface area contributed by atoms with Crippen LogP contribution in [0.2, 0.25) is 10.0 Å². The fourth-order valence-corrected chi connectivity index (χ4v) is 2.09. The molecule has 0 aliphatic heterocycles. The van der Waals surface area contributed by atoms with E-state index in [1.807, 2.05) is 6.07 Å². The number of halogens is 2. The van der Waals surface area contributed by atoms with Gasteiger partial charge >= 0.3 is 5.97 Å². The van der Waals surface area contributed by atoms with Crippen LogP contribution in [-0.4, -0.2) is 11.1 Å². The molecule has 0 aliphatic rings. The molecular weight excluding hydrogens is 311 g/mol. The Bertz CT molecular complexity index is 709. The van der Waals surface area contributed by atoms with Crippen molar-refractivity contribution in [2.24, 2.45) is 0 Å². The second kappa shape index (κ2) is 6.49. The smallest absolute Gasteiger partial charge is 0.330 e. The zero-order chi connectivity index (χ0) is 15.4. The molecule has 0 fully saturated rings. The van der Waals surface area contributed by atoms with Gasteiger partial charge in [-0.05, 0) is 42.0 Å². The van der Waals surface area contributed by atoms with Gasteiger partial charge in [0.25, 0.3) is 0 Å². The SMILES string of the molecule is N#Cc1ccc(NC(C(=O)O)c2ccc(Cl)c(Cl)c2)cc1. The molecule has 2 aromatic carbocycles. The van der Waals surface area contributed by atoms with E-state index in [2.05, 4.69) is 5.32 Å². The van der Waals surface area contributed by atoms with Gasteiger partial charge in [-0.1, -0.05) is 29.3 Å². The normalized spacial score (nSPS) is 11.5. The van der Waals surface area contributed by atoms with Crippen LogP contribution in [0.3, 0.4) is 0 Å². The monoisotopic (exact) mass is 320 g/mol. The Kier molecular flexibility index (Phi) is 4.69. The highest BCUT2D eigenvalue weighted by Gasteiger charge is 2.20. The highest BCUT2D eigenvalue weighted by atomic mass is 35.5. The van der Waals surface area contributed by atoms with Gasteiger partial charge in [-0.2, -0.15) is 5.26 Å². The number of anilines is 1. The molecule has 4 nitrogen and oxygen atoms in total. The van der Waals surface area contributed by atoms with Gasteiger partial charge in [0.05, 0.1) is 21.7 Å². The highest BCUT2D eigenvalue weighted by Crippen LogP contribution is 2.27. The molecule has 2 N–H and O–H groups in total. The summed E-state index contributed by atoms with van der Waals surface area (Å²) in [6.07, 6.45) is 0. The first-order valence-corrected chi connectivity index (χ1v) is 6.71. The minimum absolute atomic E-state index is 0.294. The molecule has 0 amide bonds. The molecule has 1 unspecified atom stereocenters. The Hall–Kier alpha value is -2.22. The van der Waals surface area contributed by atoms with E-state index in [4.69, 9.17) is 28.5 Å². The first-order chi connectivity index (χ1) is 10.0. The first kappa shape index (κ1) is 15.2. The Balaban J connectivity index is 2.28. The summed E-state index contributed by atoms with van der Waals surface area (Å²) in [4.78, 5) is 11.4. The molecule has 0 aliphatic carbocycles. The number of hydrogen-bond donors (Lipinski definition) is 2. The summed E-state index contributed by atoms with van der Waals surface area (Å²) in [5.74, 6) is -1.04. The van der Waals surface area contributed by atoms with Crippen molar-refractivity contribution >= 4 is 34.9 Å². The number of aliphatic carboxylic acids is 1. The second-order valence-corrected chi connectivity index (χ2v) is 5.09. The number of benzene rings is 2. The lowest BCUT2D eigenvalue weighted by molar-refractivity contribution is -0.138. The maximum Gasteiger partial charge on any atom is 0.330 e. The van der Waals surface area contributed by atoms with Gasteiger partial charge in [0.15, 0.2) is 6.04 Å². The second-order valence-electron chi connectivity index (χ2n) is 4.28. The van der Waals surface area contributed by atoms with Gasteiger partial charge in [0.1, 0.15) is 0 Å². The van der Waals surface area contributed by atoms with E-state index in [-0.39, 0.29) is 0 Å². The average Bonchev–Trinajstić information content (AvgIpc) is 2.48. The van der Waals surface area contributed by atoms with Crippen molar-refractivity contribution in [3.05, 3.63) is 63.6 Å². The largest absolute Gasteiger partial charge is 0.479 e. The van der Waals surface area contributed by atoms with Gasteiger partial charge in [-0.15, -0.1) is 0 Å². The van der Waals surface area contributed by atoms with Crippen molar-refractivity contribution in [2.45, 2.75) is 6.04 Å². The number of nitrogens with one attached hydrogen (secondary N) is 1. The van der Waals surface area contributed by atoms with Gasteiger partial charge in [-0.25, -0.2) is 4.79 Å². The summed E-state index contributed by atoms with van der Waals surface area (Å²) >= 11 is 11.7. The van der Waals surface area contributed by atoms with Crippen LogP contribution in [0, 0.1) is 11.3 Å². The van der Waals surface area contributed by atoms with Crippen LogP contribution in [0.15, 0.2) is 42.5 Å². The molecule has 1 atom stereocenters. The van der Waals surface area contributed by atoms with E-state index in [9.17, 15) is 9.90 Å². The Labute approximate surface area is 131 Å². The summed E-state index contributed by atoms with van der Waals surface area (Å²) in [5, 5.41) is 21.6. The fourth-order valence-electron chi connectivity index (χ4n) is 1.79. The van der Waals surface area contributed by atoms with Crippen molar-refractivity contribution in [3.63, 3.8) is 0 Å². The molecule has 0 saturated heterocycles. The van der Waals surface area contributed by atoms with E-state index in [0.717, 1.165) is 0 Å². The third-order valence-corrected chi connectivity index (χ3v) is 3.59. The van der Waals surface area contributed by atoms with Gasteiger partial charge in [0, 0.05) is 5.69 Å². The van der Waals surface area contributed by atoms with E-state index in [1.165, 1.54) is 6.07 Å². The number of nitrogens with zero attached hydrogens (tertiary/aromatic N) is 1. The zero-order valence-electron chi connectivity index (χ0n) is 10.7. The number of carboxylic acids is 1. The standard InChI is InChI=1S/C15H10Cl2N2O2/c16-12-6-3-10(7-13(12)17)14(15(20)21)19-11-4-1-9(8-18)2-5-11/h1-7,14,19H,(H,20,21). The molecule has 106 valence electrons. The number of carbonyl (C=O) groups is 1. The van der Waals surface area contributed by atoms with Crippen molar-refractivity contribution in [3.8, 4) is 6.07 Å². The maximum absolute atomic E-state index is 11.4. The molecule has 0 saturated carbocycles. The van der Waals surface area contributed by atoms with E-state index in [1.54, 1.807) is 36.4 Å². The van der Waals surface area contributed by atoms with Gasteiger partial charge in [0.2, 0.25) is 0 Å². The van der Waals surface area contributed by atoms with Gasteiger partial charge in [-0.3, -0.25) is 0 Å². The highest BCUT2D eigenvalue weighted by molar-refractivity contribution is 6.42. The number of nitriles is 1. The Morgan fingerprint density at radius 3 is 2.33 bits per heavy atom. The molecule has 2 aromatic rings. The Morgan fingerprint density at radius 1 is 1.14 bits per heavy atom. The maximum atomic E-state index is 11.4. The number of rotatable bonds is 4. The summed E-state index contributed by atoms with van der Waals surface area (Å²) in [7, 11) is 0. The summed E-state index contributed by atoms with van der Waals surface area (Å²) in [5.41, 5.74) is 1.58. The van der Waals surface area contributed by atoms with E-state index >= 15 is 0 Å². The minimum Gasteiger partial charge on any atom is -0.479 e. The Morgan fingerprint density at radius 2 is 1.81 bits per heavy atom. The zero-order valence-corrected chi connectivity index (χ0v) is 12.2. The van der Waals surface area contributed by atoms with Crippen LogP contribution >= 0.6 is 23.2 Å². The van der Waals surface area contributed by atoms with Crippen LogP contribution in [-0.2, 0) is 4.79 Å². The molecule has 0 aromatic heterocycles. The summed E-state index contributed by atoms with van der Waals surface area (Å²) in [6, 6.07) is 12.2. The number of hydrogen-bond acceptors (Lipinski definition) is 3. The average molecular weight is 321 g/mol. The van der Waals surface area contributed by atoms with Crippen LogP contribution in [0.5, 0.6) is 0 Å². The van der Waals surface area contributed by atoms with Gasteiger partial charge < -0.3 is 10.4 Å². The minimum atomic E-state index is -1.04. The van der Waals surface area contributed by atoms with Crippen LogP contribution in [0.25, 0.3) is 0 Å². The molecule has 21 heavy (non-hydrogen) atoms. The lowest BCUT2D eigenvalue weighted by atomic mass is 10.1. The van der Waals surface area contributed by atoms with E-state index < -0.39 is 12.0 Å². The van der Waals surface area contributed by atoms with Crippen molar-refractivity contribution in [2.75, 3.05) is 5.32 Å². The first-order valence-electron chi connectivity index (χ1n) is 5.95. The third kappa shape index (κ3) is 3.66. The van der Waals surface area contributed by atoms with E-state index in [0.29, 0.717) is 26.9 Å². The van der Waals surface area contributed by atoms with Crippen molar-refractivity contribution in [1.82, 2.24) is 0 Å². The fraction of sp³-hybridized carbons (Fsp3) is 0.0667. The predicted molar refractivity (Wildman–Crippen MR) is 81.6 cm³/mol. The molecule has 0 heterocycles.